The summed E-state index contributed by atoms with van der Waals surface area (Å²) in [6.07, 6.45) is 0. The average molecular weight is 369 g/mol. The lowest BCUT2D eigenvalue weighted by molar-refractivity contribution is -0.122. The minimum Gasteiger partial charge on any atom is -0.324 e. The molecule has 0 heterocycles. The first kappa shape index (κ1) is 14.0. The number of carbonyl (C=O) groups excluding carboxylic acids is 1. The largest absolute Gasteiger partial charge is 0.324 e. The highest BCUT2D eigenvalue weighted by Gasteiger charge is 2.27. The molecule has 0 aliphatic carbocycles. The highest BCUT2D eigenvalue weighted by Crippen LogP contribution is 2.32. The van der Waals surface area contributed by atoms with Crippen LogP contribution < -0.4 is 5.32 Å². The summed E-state index contributed by atoms with van der Waals surface area (Å²) in [7, 11) is 0. The fourth-order valence-corrected chi connectivity index (χ4v) is 2.28. The standard InChI is InChI=1S/C11H12Br2ClNO/c1-11(2,6-14)10(16)15-9-7(12)4-3-5-8(9)13/h3-5H,6H2,1-2H3,(H,15,16). The Morgan fingerprint density at radius 2 is 1.88 bits per heavy atom. The molecule has 0 unspecified atom stereocenters. The molecule has 0 bridgehead atoms. The van der Waals surface area contributed by atoms with E-state index in [1.807, 2.05) is 18.2 Å². The monoisotopic (exact) mass is 367 g/mol. The minimum atomic E-state index is -0.587. The second-order valence-corrected chi connectivity index (χ2v) is 6.04. The molecule has 0 saturated carbocycles. The molecule has 0 fully saturated rings. The van der Waals surface area contributed by atoms with Crippen molar-refractivity contribution in [1.82, 2.24) is 0 Å². The van der Waals surface area contributed by atoms with E-state index in [4.69, 9.17) is 11.6 Å². The molecule has 1 rings (SSSR count). The molecule has 0 aliphatic heterocycles. The van der Waals surface area contributed by atoms with Gasteiger partial charge in [0.25, 0.3) is 0 Å². The van der Waals surface area contributed by atoms with Crippen LogP contribution >= 0.6 is 43.5 Å². The van der Waals surface area contributed by atoms with Crippen molar-refractivity contribution in [3.8, 4) is 0 Å². The van der Waals surface area contributed by atoms with E-state index in [-0.39, 0.29) is 11.8 Å². The lowest BCUT2D eigenvalue weighted by Crippen LogP contribution is -2.32. The first-order valence-corrected chi connectivity index (χ1v) is 6.82. The number of anilines is 1. The summed E-state index contributed by atoms with van der Waals surface area (Å²) in [5.41, 5.74) is 0.140. The number of rotatable bonds is 3. The number of hydrogen-bond acceptors (Lipinski definition) is 1. The molecule has 2 nitrogen and oxygen atoms in total. The maximum Gasteiger partial charge on any atom is 0.231 e. The summed E-state index contributed by atoms with van der Waals surface area (Å²) >= 11 is 12.5. The molecule has 0 saturated heterocycles. The number of halogens is 3. The SMILES string of the molecule is CC(C)(CCl)C(=O)Nc1c(Br)cccc1Br. The van der Waals surface area contributed by atoms with Crippen LogP contribution in [0.15, 0.2) is 27.1 Å². The van der Waals surface area contributed by atoms with Gasteiger partial charge in [-0.3, -0.25) is 4.79 Å². The van der Waals surface area contributed by atoms with Crippen LogP contribution in [0.1, 0.15) is 13.8 Å². The van der Waals surface area contributed by atoms with Gasteiger partial charge in [0, 0.05) is 14.8 Å². The van der Waals surface area contributed by atoms with Crippen LogP contribution in [0.25, 0.3) is 0 Å². The van der Waals surface area contributed by atoms with Crippen molar-refractivity contribution in [1.29, 1.82) is 0 Å². The van der Waals surface area contributed by atoms with Gasteiger partial charge in [0.15, 0.2) is 0 Å². The molecule has 1 aromatic carbocycles. The van der Waals surface area contributed by atoms with Crippen LogP contribution in [0, 0.1) is 5.41 Å². The first-order chi connectivity index (χ1) is 7.38. The number of nitrogens with one attached hydrogen (secondary N) is 1. The van der Waals surface area contributed by atoms with Gasteiger partial charge in [-0.05, 0) is 57.8 Å². The van der Waals surface area contributed by atoms with Crippen molar-refractivity contribution in [3.63, 3.8) is 0 Å². The Balaban J connectivity index is 2.94. The quantitative estimate of drug-likeness (QED) is 0.786. The van der Waals surface area contributed by atoms with Gasteiger partial charge in [-0.25, -0.2) is 0 Å². The van der Waals surface area contributed by atoms with Gasteiger partial charge < -0.3 is 5.32 Å². The minimum absolute atomic E-state index is 0.102. The third kappa shape index (κ3) is 3.22. The summed E-state index contributed by atoms with van der Waals surface area (Å²) in [6, 6.07) is 5.62. The fraction of sp³-hybridized carbons (Fsp3) is 0.364. The topological polar surface area (TPSA) is 29.1 Å². The second-order valence-electron chi connectivity index (χ2n) is 4.07. The van der Waals surface area contributed by atoms with Crippen LogP contribution in [0.2, 0.25) is 0 Å². The predicted octanol–water partition coefficient (Wildman–Crippen LogP) is 4.42. The van der Waals surface area contributed by atoms with Gasteiger partial charge in [0.05, 0.1) is 11.1 Å². The van der Waals surface area contributed by atoms with E-state index in [1.165, 1.54) is 0 Å². The second kappa shape index (κ2) is 5.52. The van der Waals surface area contributed by atoms with Gasteiger partial charge in [0.1, 0.15) is 0 Å². The Morgan fingerprint density at radius 1 is 1.38 bits per heavy atom. The van der Waals surface area contributed by atoms with E-state index in [9.17, 15) is 4.79 Å². The fourth-order valence-electron chi connectivity index (χ4n) is 0.961. The van der Waals surface area contributed by atoms with E-state index < -0.39 is 5.41 Å². The summed E-state index contributed by atoms with van der Waals surface area (Å²) in [5.74, 6) is 0.177. The maximum absolute atomic E-state index is 11.9. The molecule has 1 N–H and O–H groups in total. The Kier molecular flexibility index (Phi) is 4.83. The van der Waals surface area contributed by atoms with Gasteiger partial charge in [-0.2, -0.15) is 0 Å². The normalized spacial score (nSPS) is 11.3. The smallest absolute Gasteiger partial charge is 0.231 e. The van der Waals surface area contributed by atoms with Gasteiger partial charge in [0.2, 0.25) is 5.91 Å². The predicted molar refractivity (Wildman–Crippen MR) is 75.0 cm³/mol. The molecule has 0 radical (unpaired) electrons. The summed E-state index contributed by atoms with van der Waals surface area (Å²) in [4.78, 5) is 11.9. The zero-order chi connectivity index (χ0) is 12.3. The lowest BCUT2D eigenvalue weighted by atomic mass is 9.95. The first-order valence-electron chi connectivity index (χ1n) is 4.70. The molecule has 0 atom stereocenters. The summed E-state index contributed by atoms with van der Waals surface area (Å²) in [6.45, 7) is 3.61. The zero-order valence-electron chi connectivity index (χ0n) is 8.98. The van der Waals surface area contributed by atoms with Crippen LogP contribution in [0.4, 0.5) is 5.69 Å². The van der Waals surface area contributed by atoms with Gasteiger partial charge in [-0.1, -0.05) is 6.07 Å². The third-order valence-corrected chi connectivity index (χ3v) is 4.14. The van der Waals surface area contributed by atoms with E-state index in [0.29, 0.717) is 0 Å². The number of hydrogen-bond donors (Lipinski definition) is 1. The van der Waals surface area contributed by atoms with Crippen molar-refractivity contribution >= 4 is 55.1 Å². The van der Waals surface area contributed by atoms with Crippen molar-refractivity contribution in [2.45, 2.75) is 13.8 Å². The van der Waals surface area contributed by atoms with E-state index in [0.717, 1.165) is 14.6 Å². The van der Waals surface area contributed by atoms with Gasteiger partial charge >= 0.3 is 0 Å². The molecule has 1 amide bonds. The molecule has 5 heteroatoms. The average Bonchev–Trinajstić information content (AvgIpc) is 2.23. The molecule has 88 valence electrons. The molecule has 16 heavy (non-hydrogen) atoms. The van der Waals surface area contributed by atoms with Crippen LogP contribution in [-0.4, -0.2) is 11.8 Å². The number of alkyl halides is 1. The summed E-state index contributed by atoms with van der Waals surface area (Å²) < 4.78 is 1.67. The zero-order valence-corrected chi connectivity index (χ0v) is 12.9. The number of carbonyl (C=O) groups is 1. The van der Waals surface area contributed by atoms with Crippen molar-refractivity contribution in [2.24, 2.45) is 5.41 Å². The van der Waals surface area contributed by atoms with E-state index >= 15 is 0 Å². The lowest BCUT2D eigenvalue weighted by Gasteiger charge is -2.21. The highest BCUT2D eigenvalue weighted by atomic mass is 79.9. The van der Waals surface area contributed by atoms with E-state index in [1.54, 1.807) is 13.8 Å². The molecule has 0 aliphatic rings. The summed E-state index contributed by atoms with van der Waals surface area (Å²) in [5, 5.41) is 2.85. The molecule has 0 aromatic heterocycles. The third-order valence-electron chi connectivity index (χ3n) is 2.15. The van der Waals surface area contributed by atoms with Crippen LogP contribution in [-0.2, 0) is 4.79 Å². The van der Waals surface area contributed by atoms with Crippen LogP contribution in [0.3, 0.4) is 0 Å². The van der Waals surface area contributed by atoms with E-state index in [2.05, 4.69) is 37.2 Å². The van der Waals surface area contributed by atoms with Crippen molar-refractivity contribution in [2.75, 3.05) is 11.2 Å². The number of benzene rings is 1. The number of amides is 1. The highest BCUT2D eigenvalue weighted by molar-refractivity contribution is 9.11. The Hall–Kier alpha value is -0.0600. The molecular weight excluding hydrogens is 357 g/mol. The maximum atomic E-state index is 11.9. The van der Waals surface area contributed by atoms with Gasteiger partial charge in [-0.15, -0.1) is 11.6 Å². The Morgan fingerprint density at radius 3 is 2.31 bits per heavy atom. The van der Waals surface area contributed by atoms with Crippen molar-refractivity contribution < 1.29 is 4.79 Å². The molecule has 0 spiro atoms. The van der Waals surface area contributed by atoms with Crippen molar-refractivity contribution in [3.05, 3.63) is 27.1 Å². The molecular formula is C11H12Br2ClNO. The molecule has 1 aromatic rings. The number of para-hydroxylation sites is 1. The van der Waals surface area contributed by atoms with Crippen LogP contribution in [0.5, 0.6) is 0 Å². The Labute approximate surface area is 117 Å². The Bertz CT molecular complexity index is 387.